The molecule has 0 bridgehead atoms. The van der Waals surface area contributed by atoms with Gasteiger partial charge in [0.15, 0.2) is 4.77 Å². The van der Waals surface area contributed by atoms with Gasteiger partial charge in [-0.15, -0.1) is 0 Å². The van der Waals surface area contributed by atoms with Crippen LogP contribution in [-0.4, -0.2) is 22.0 Å². The lowest BCUT2D eigenvalue weighted by Crippen LogP contribution is -2.27. The van der Waals surface area contributed by atoms with Crippen molar-refractivity contribution in [3.8, 4) is 5.69 Å². The van der Waals surface area contributed by atoms with Gasteiger partial charge in [-0.3, -0.25) is 9.36 Å². The fourth-order valence-electron chi connectivity index (χ4n) is 1.95. The van der Waals surface area contributed by atoms with Gasteiger partial charge in [0.05, 0.1) is 0 Å². The number of nitrogens with one attached hydrogen (secondary N) is 2. The van der Waals surface area contributed by atoms with Crippen LogP contribution in [0.2, 0.25) is 0 Å². The first-order valence-corrected chi connectivity index (χ1v) is 7.24. The fourth-order valence-corrected chi connectivity index (χ4v) is 2.21. The number of aromatic amines is 1. The molecule has 1 heterocycles. The molecule has 0 unspecified atom stereocenters. The summed E-state index contributed by atoms with van der Waals surface area (Å²) in [6.07, 6.45) is 2.48. The van der Waals surface area contributed by atoms with Gasteiger partial charge in [-0.05, 0) is 48.8 Å². The fraction of sp³-hybridized carbons (Fsp3) is 0.333. The zero-order valence-electron chi connectivity index (χ0n) is 12.0. The lowest BCUT2D eigenvalue weighted by molar-refractivity contribution is 0.0945. The predicted octanol–water partition coefficient (Wildman–Crippen LogP) is 3.45. The second-order valence-electron chi connectivity index (χ2n) is 5.23. The van der Waals surface area contributed by atoms with Gasteiger partial charge in [0.25, 0.3) is 5.91 Å². The first-order valence-electron chi connectivity index (χ1n) is 6.83. The molecule has 0 atom stereocenters. The van der Waals surface area contributed by atoms with E-state index in [1.165, 1.54) is 12.1 Å². The van der Waals surface area contributed by atoms with Crippen LogP contribution in [0.3, 0.4) is 0 Å². The molecule has 6 heteroatoms. The third-order valence-electron chi connectivity index (χ3n) is 3.10. The van der Waals surface area contributed by atoms with Gasteiger partial charge >= 0.3 is 0 Å². The Balaban J connectivity index is 2.24. The average molecular weight is 307 g/mol. The Morgan fingerprint density at radius 2 is 2.05 bits per heavy atom. The Morgan fingerprint density at radius 1 is 1.38 bits per heavy atom. The Morgan fingerprint density at radius 3 is 2.67 bits per heavy atom. The maximum absolute atomic E-state index is 13.0. The van der Waals surface area contributed by atoms with Crippen LogP contribution in [0, 0.1) is 16.5 Å². The minimum Gasteiger partial charge on any atom is -0.351 e. The number of carbonyl (C=O) groups is 1. The molecule has 0 aliphatic rings. The lowest BCUT2D eigenvalue weighted by atomic mass is 10.1. The summed E-state index contributed by atoms with van der Waals surface area (Å²) in [5.41, 5.74) is 1.06. The minimum atomic E-state index is -0.330. The topological polar surface area (TPSA) is 49.8 Å². The number of carbonyl (C=O) groups excluding carboxylic acids is 1. The van der Waals surface area contributed by atoms with E-state index in [1.54, 1.807) is 22.9 Å². The number of benzene rings is 1. The van der Waals surface area contributed by atoms with Crippen molar-refractivity contribution < 1.29 is 9.18 Å². The molecule has 2 rings (SSSR count). The largest absolute Gasteiger partial charge is 0.351 e. The van der Waals surface area contributed by atoms with Crippen molar-refractivity contribution in [1.29, 1.82) is 0 Å². The van der Waals surface area contributed by atoms with Crippen molar-refractivity contribution in [1.82, 2.24) is 14.9 Å². The molecular weight excluding hydrogens is 289 g/mol. The Labute approximate surface area is 128 Å². The lowest BCUT2D eigenvalue weighted by Gasteiger charge is -2.10. The van der Waals surface area contributed by atoms with Crippen LogP contribution in [0.4, 0.5) is 4.39 Å². The number of hydrogen-bond acceptors (Lipinski definition) is 2. The summed E-state index contributed by atoms with van der Waals surface area (Å²) in [6, 6.07) is 5.85. The van der Waals surface area contributed by atoms with E-state index < -0.39 is 0 Å². The second kappa shape index (κ2) is 6.67. The van der Waals surface area contributed by atoms with E-state index in [0.717, 1.165) is 6.42 Å². The molecule has 2 N–H and O–H groups in total. The molecule has 1 amide bonds. The summed E-state index contributed by atoms with van der Waals surface area (Å²) in [6.45, 7) is 4.81. The van der Waals surface area contributed by atoms with Gasteiger partial charge in [-0.25, -0.2) is 4.39 Å². The number of aromatic nitrogens is 2. The summed E-state index contributed by atoms with van der Waals surface area (Å²) in [5, 5.41) is 2.87. The Hall–Kier alpha value is -1.95. The number of amides is 1. The van der Waals surface area contributed by atoms with Crippen LogP contribution in [-0.2, 0) is 0 Å². The molecule has 21 heavy (non-hydrogen) atoms. The van der Waals surface area contributed by atoms with Crippen molar-refractivity contribution in [3.05, 3.63) is 46.7 Å². The normalized spacial score (nSPS) is 10.9. The molecule has 0 aliphatic carbocycles. The van der Waals surface area contributed by atoms with Crippen LogP contribution in [0.25, 0.3) is 5.69 Å². The highest BCUT2D eigenvalue weighted by molar-refractivity contribution is 7.71. The summed E-state index contributed by atoms with van der Waals surface area (Å²) >= 11 is 5.19. The number of halogens is 1. The standard InChI is InChI=1S/C15H18FN3OS/c1-10(2)7-8-17-14(20)13-9-18-15(21)19(13)12-5-3-11(16)4-6-12/h3-6,9-10H,7-8H2,1-2H3,(H,17,20)(H,18,21). The number of nitrogens with zero attached hydrogens (tertiary/aromatic N) is 1. The molecule has 4 nitrogen and oxygen atoms in total. The molecule has 0 aliphatic heterocycles. The van der Waals surface area contributed by atoms with Gasteiger partial charge in [0.2, 0.25) is 0 Å². The average Bonchev–Trinajstić information content (AvgIpc) is 2.81. The molecule has 1 aromatic heterocycles. The van der Waals surface area contributed by atoms with E-state index in [2.05, 4.69) is 24.1 Å². The summed E-state index contributed by atoms with van der Waals surface area (Å²) in [5.74, 6) is -0.00803. The second-order valence-corrected chi connectivity index (χ2v) is 5.62. The van der Waals surface area contributed by atoms with Crippen LogP contribution < -0.4 is 5.32 Å². The van der Waals surface area contributed by atoms with Crippen LogP contribution in [0.1, 0.15) is 30.8 Å². The SMILES string of the molecule is CC(C)CCNC(=O)c1c[nH]c(=S)n1-c1ccc(F)cc1. The first-order chi connectivity index (χ1) is 9.99. The van der Waals surface area contributed by atoms with Crippen molar-refractivity contribution >= 4 is 18.1 Å². The molecule has 0 spiro atoms. The minimum absolute atomic E-state index is 0.202. The molecule has 0 saturated carbocycles. The van der Waals surface area contributed by atoms with E-state index in [-0.39, 0.29) is 11.7 Å². The zero-order chi connectivity index (χ0) is 15.4. The smallest absolute Gasteiger partial charge is 0.269 e. The van der Waals surface area contributed by atoms with Crippen molar-refractivity contribution in [2.75, 3.05) is 6.54 Å². The zero-order valence-corrected chi connectivity index (χ0v) is 12.8. The molecule has 0 fully saturated rings. The van der Waals surface area contributed by atoms with Crippen LogP contribution >= 0.6 is 12.2 Å². The van der Waals surface area contributed by atoms with Crippen molar-refractivity contribution in [2.45, 2.75) is 20.3 Å². The molecule has 2 aromatic rings. The summed E-state index contributed by atoms with van der Waals surface area (Å²) < 4.78 is 15.0. The first kappa shape index (κ1) is 15.4. The summed E-state index contributed by atoms with van der Waals surface area (Å²) in [4.78, 5) is 15.1. The van der Waals surface area contributed by atoms with Crippen LogP contribution in [0.5, 0.6) is 0 Å². The molecular formula is C15H18FN3OS. The van der Waals surface area contributed by atoms with E-state index >= 15 is 0 Å². The van der Waals surface area contributed by atoms with Gasteiger partial charge < -0.3 is 10.3 Å². The molecule has 0 saturated heterocycles. The van der Waals surface area contributed by atoms with Gasteiger partial charge in [-0.2, -0.15) is 0 Å². The highest BCUT2D eigenvalue weighted by Gasteiger charge is 2.14. The highest BCUT2D eigenvalue weighted by atomic mass is 32.1. The molecule has 1 aromatic carbocycles. The van der Waals surface area contributed by atoms with E-state index in [4.69, 9.17) is 12.2 Å². The monoisotopic (exact) mass is 307 g/mol. The maximum atomic E-state index is 13.0. The van der Waals surface area contributed by atoms with Crippen molar-refractivity contribution in [3.63, 3.8) is 0 Å². The maximum Gasteiger partial charge on any atom is 0.269 e. The Kier molecular flexibility index (Phi) is 4.90. The van der Waals surface area contributed by atoms with E-state index in [0.29, 0.717) is 28.6 Å². The van der Waals surface area contributed by atoms with Crippen LogP contribution in [0.15, 0.2) is 30.5 Å². The third kappa shape index (κ3) is 3.78. The van der Waals surface area contributed by atoms with E-state index in [1.807, 2.05) is 0 Å². The Bertz CT molecular complexity index is 673. The quantitative estimate of drug-likeness (QED) is 0.831. The predicted molar refractivity (Wildman–Crippen MR) is 82.7 cm³/mol. The molecule has 0 radical (unpaired) electrons. The highest BCUT2D eigenvalue weighted by Crippen LogP contribution is 2.13. The van der Waals surface area contributed by atoms with E-state index in [9.17, 15) is 9.18 Å². The number of rotatable bonds is 5. The number of imidazole rings is 1. The molecule has 112 valence electrons. The summed E-state index contributed by atoms with van der Waals surface area (Å²) in [7, 11) is 0. The third-order valence-corrected chi connectivity index (χ3v) is 3.40. The van der Waals surface area contributed by atoms with Gasteiger partial charge in [-0.1, -0.05) is 13.8 Å². The number of H-pyrrole nitrogens is 1. The van der Waals surface area contributed by atoms with Gasteiger partial charge in [0, 0.05) is 18.4 Å². The van der Waals surface area contributed by atoms with Gasteiger partial charge in [0.1, 0.15) is 11.5 Å². The number of hydrogen-bond donors (Lipinski definition) is 2. The van der Waals surface area contributed by atoms with Crippen molar-refractivity contribution in [2.24, 2.45) is 5.92 Å².